The molecule has 0 saturated carbocycles. The average molecular weight is 936 g/mol. The number of aliphatic carboxylic acids is 1. The average Bonchev–Trinajstić information content (AvgIpc) is 3.23. The van der Waals surface area contributed by atoms with Crippen molar-refractivity contribution in [2.45, 2.75) is 109 Å². The van der Waals surface area contributed by atoms with Crippen LogP contribution in [0.15, 0.2) is 48.5 Å². The Labute approximate surface area is 376 Å². The van der Waals surface area contributed by atoms with Crippen molar-refractivity contribution in [3.8, 4) is 11.5 Å². The summed E-state index contributed by atoms with van der Waals surface area (Å²) in [7, 11) is -4.94. The monoisotopic (exact) mass is 935 g/mol. The van der Waals surface area contributed by atoms with Crippen LogP contribution in [0.1, 0.15) is 70.9 Å². The predicted octanol–water partition coefficient (Wildman–Crippen LogP) is -1.69. The van der Waals surface area contributed by atoms with Gasteiger partial charge in [-0.2, -0.15) is 0 Å². The molecule has 24 heteroatoms. The topological polar surface area (TPSA) is 394 Å². The molecular weight excluding hydrogens is 873 g/mol. The molecule has 0 spiro atoms. The molecule has 0 aliphatic rings. The second-order valence-corrected chi connectivity index (χ2v) is 16.9. The first-order valence-electron chi connectivity index (χ1n) is 20.8. The van der Waals surface area contributed by atoms with Gasteiger partial charge in [0.05, 0.1) is 13.0 Å². The Morgan fingerprint density at radius 1 is 0.662 bits per heavy atom. The molecular formula is C41H62N9O14P. The van der Waals surface area contributed by atoms with Crippen LogP contribution in [0.5, 0.6) is 11.5 Å². The maximum absolute atomic E-state index is 14.4. The van der Waals surface area contributed by atoms with E-state index in [1.807, 2.05) is 0 Å². The van der Waals surface area contributed by atoms with E-state index >= 15 is 0 Å². The molecule has 0 saturated heterocycles. The van der Waals surface area contributed by atoms with Gasteiger partial charge in [-0.15, -0.1) is 0 Å². The van der Waals surface area contributed by atoms with E-state index in [9.17, 15) is 62.9 Å². The molecule has 16 N–H and O–H groups in total. The van der Waals surface area contributed by atoms with E-state index in [2.05, 4.69) is 36.4 Å². The van der Waals surface area contributed by atoms with E-state index in [-0.39, 0.29) is 37.3 Å². The number of carboxylic acids is 1. The lowest BCUT2D eigenvalue weighted by molar-refractivity contribution is -0.143. The molecule has 0 aliphatic carbocycles. The number of phosphoric acid groups is 1. The lowest BCUT2D eigenvalue weighted by Gasteiger charge is -2.29. The Morgan fingerprint density at radius 3 is 1.60 bits per heavy atom. The number of phenols is 1. The number of aromatic hydroxyl groups is 1. The van der Waals surface area contributed by atoms with Gasteiger partial charge in [0.2, 0.25) is 41.4 Å². The minimum Gasteiger partial charge on any atom is -0.508 e. The van der Waals surface area contributed by atoms with Crippen molar-refractivity contribution in [2.75, 3.05) is 13.1 Å². The fraction of sp³-hybridized carbons (Fsp3) is 0.512. The van der Waals surface area contributed by atoms with Gasteiger partial charge in [-0.25, -0.2) is 9.36 Å². The van der Waals surface area contributed by atoms with Gasteiger partial charge in [0.1, 0.15) is 47.8 Å². The van der Waals surface area contributed by atoms with Crippen LogP contribution in [-0.2, 0) is 55.8 Å². The normalized spacial score (nSPS) is 14.5. The van der Waals surface area contributed by atoms with Gasteiger partial charge >= 0.3 is 13.8 Å². The van der Waals surface area contributed by atoms with E-state index < -0.39 is 116 Å². The fourth-order valence-electron chi connectivity index (χ4n) is 6.30. The van der Waals surface area contributed by atoms with Gasteiger partial charge in [-0.05, 0) is 73.0 Å². The summed E-state index contributed by atoms with van der Waals surface area (Å²) < 4.78 is 16.0. The minimum absolute atomic E-state index is 0.0206. The molecule has 0 aromatic heterocycles. The van der Waals surface area contributed by atoms with Gasteiger partial charge in [0.25, 0.3) is 0 Å². The summed E-state index contributed by atoms with van der Waals surface area (Å²) in [6, 6.07) is 2.22. The smallest absolute Gasteiger partial charge is 0.508 e. The first kappa shape index (κ1) is 55.0. The maximum Gasteiger partial charge on any atom is 0.524 e. The third-order valence-electron chi connectivity index (χ3n) is 10.1. The number of carbonyl (C=O) groups excluding carboxylic acids is 7. The van der Waals surface area contributed by atoms with Gasteiger partial charge in [0, 0.05) is 12.8 Å². The van der Waals surface area contributed by atoms with E-state index in [1.54, 1.807) is 27.7 Å². The highest BCUT2D eigenvalue weighted by Gasteiger charge is 2.35. The van der Waals surface area contributed by atoms with Crippen LogP contribution in [0, 0.1) is 11.8 Å². The molecule has 23 nitrogen and oxygen atoms in total. The van der Waals surface area contributed by atoms with Crippen LogP contribution >= 0.6 is 7.82 Å². The first-order valence-corrected chi connectivity index (χ1v) is 22.4. The Kier molecular flexibility index (Phi) is 22.5. The van der Waals surface area contributed by atoms with Crippen molar-refractivity contribution in [3.63, 3.8) is 0 Å². The lowest BCUT2D eigenvalue weighted by Crippen LogP contribution is -2.61. The zero-order valence-corrected chi connectivity index (χ0v) is 37.5. The Bertz CT molecular complexity index is 2000. The molecule has 360 valence electrons. The van der Waals surface area contributed by atoms with Crippen molar-refractivity contribution < 1.29 is 67.4 Å². The standard InChI is InChI=1S/C41H62N9O14P/c1-5-23(4)35(50-39(57)31(20-32(44)52)45-33(53)21-43)40(58)48-30(18-24-9-13-26(51)14-10-24)38(56)47-29(19-25-11-15-27(16-12-25)64-65(61,62)63)37(55)46-28(8-6-7-17-42)36(54)49-34(22(2)3)41(59)60/h9-16,22-23,28-31,34-35,51H,5-8,17-21,42-43H2,1-4H3,(H2,44,52)(H,45,53)(H,46,55)(H,47,56)(H,48,58)(H,49,54)(H,50,57)(H,59,60)(H2,61,62,63)/t23-,28-,29-,30-,31-,34-,35-/m0/s1. The van der Waals surface area contributed by atoms with Crippen molar-refractivity contribution in [1.29, 1.82) is 0 Å². The SMILES string of the molecule is CC[C@H](C)[C@H](NC(=O)[C@H](CC(N)=O)NC(=O)CN)C(=O)N[C@@H](Cc1ccc(O)cc1)C(=O)N[C@@H](Cc1ccc(OP(=O)(O)O)cc1)C(=O)N[C@@H](CCCCN)C(=O)N[C@H](C(=O)O)C(C)C. The molecule has 2 aromatic rings. The zero-order chi connectivity index (χ0) is 49.0. The molecule has 0 fully saturated rings. The number of carboxylic acid groups (broad SMARTS) is 1. The van der Waals surface area contributed by atoms with Gasteiger partial charge in [0.15, 0.2) is 0 Å². The summed E-state index contributed by atoms with van der Waals surface area (Å²) in [6.45, 7) is 6.24. The van der Waals surface area contributed by atoms with Crippen LogP contribution in [0.25, 0.3) is 0 Å². The number of hydrogen-bond acceptors (Lipinski definition) is 13. The molecule has 0 radical (unpaired) electrons. The Balaban J connectivity index is 2.62. The largest absolute Gasteiger partial charge is 0.524 e. The molecule has 0 heterocycles. The van der Waals surface area contributed by atoms with Crippen LogP contribution in [0.4, 0.5) is 0 Å². The number of amides is 7. The quantitative estimate of drug-likeness (QED) is 0.0334. The summed E-state index contributed by atoms with van der Waals surface area (Å²) in [6.07, 6.45) is -0.0664. The van der Waals surface area contributed by atoms with Crippen molar-refractivity contribution in [2.24, 2.45) is 29.0 Å². The van der Waals surface area contributed by atoms with Crippen LogP contribution < -0.4 is 53.6 Å². The second-order valence-electron chi connectivity index (χ2n) is 15.7. The number of carbonyl (C=O) groups is 8. The van der Waals surface area contributed by atoms with E-state index in [1.165, 1.54) is 48.5 Å². The summed E-state index contributed by atoms with van der Waals surface area (Å²) in [5.74, 6) is -9.02. The molecule has 0 unspecified atom stereocenters. The van der Waals surface area contributed by atoms with Crippen LogP contribution in [-0.4, -0.2) is 117 Å². The molecule has 2 aromatic carbocycles. The van der Waals surface area contributed by atoms with E-state index in [4.69, 9.17) is 17.2 Å². The van der Waals surface area contributed by atoms with Crippen LogP contribution in [0.3, 0.4) is 0 Å². The number of nitrogens with one attached hydrogen (secondary N) is 6. The second kappa shape index (κ2) is 26.6. The highest BCUT2D eigenvalue weighted by molar-refractivity contribution is 7.46. The number of rotatable bonds is 28. The summed E-state index contributed by atoms with van der Waals surface area (Å²) >= 11 is 0. The fourth-order valence-corrected chi connectivity index (χ4v) is 6.70. The maximum atomic E-state index is 14.4. The third kappa shape index (κ3) is 19.7. The minimum atomic E-state index is -4.94. The lowest BCUT2D eigenvalue weighted by atomic mass is 9.96. The molecule has 0 aliphatic heterocycles. The van der Waals surface area contributed by atoms with Gasteiger partial charge in [-0.1, -0.05) is 58.4 Å². The number of phosphoric ester groups is 1. The molecule has 65 heavy (non-hydrogen) atoms. The van der Waals surface area contributed by atoms with Crippen molar-refractivity contribution >= 4 is 55.1 Å². The zero-order valence-electron chi connectivity index (χ0n) is 36.7. The Morgan fingerprint density at radius 2 is 1.14 bits per heavy atom. The number of phenolic OH excluding ortho intramolecular Hbond substituents is 1. The number of nitrogens with two attached hydrogens (primary N) is 3. The first-order chi connectivity index (χ1) is 30.5. The number of benzene rings is 2. The van der Waals surface area contributed by atoms with E-state index in [0.29, 0.717) is 30.4 Å². The van der Waals surface area contributed by atoms with Gasteiger partial charge < -0.3 is 63.8 Å². The molecule has 7 amide bonds. The number of primary amides is 1. The number of unbranched alkanes of at least 4 members (excludes halogenated alkanes) is 1. The van der Waals surface area contributed by atoms with Crippen LogP contribution in [0.2, 0.25) is 0 Å². The number of hydrogen-bond donors (Lipinski definition) is 13. The van der Waals surface area contributed by atoms with Crippen molar-refractivity contribution in [3.05, 3.63) is 59.7 Å². The highest BCUT2D eigenvalue weighted by Crippen LogP contribution is 2.37. The third-order valence-corrected chi connectivity index (χ3v) is 10.5. The molecule has 2 rings (SSSR count). The van der Waals surface area contributed by atoms with E-state index in [0.717, 1.165) is 0 Å². The molecule has 7 atom stereocenters. The van der Waals surface area contributed by atoms with Crippen molar-refractivity contribution in [1.82, 2.24) is 31.9 Å². The summed E-state index contributed by atoms with van der Waals surface area (Å²) in [5.41, 5.74) is 17.1. The summed E-state index contributed by atoms with van der Waals surface area (Å²) in [4.78, 5) is 124. The molecule has 0 bridgehead atoms. The predicted molar refractivity (Wildman–Crippen MR) is 234 cm³/mol. The highest BCUT2D eigenvalue weighted by atomic mass is 31.2. The summed E-state index contributed by atoms with van der Waals surface area (Å²) in [5, 5.41) is 34.8. The van der Waals surface area contributed by atoms with Gasteiger partial charge in [-0.3, -0.25) is 43.3 Å². The Hall–Kier alpha value is -6.13.